The van der Waals surface area contributed by atoms with Crippen molar-refractivity contribution in [1.82, 2.24) is 0 Å². The number of fused-ring (bicyclic) bond motifs is 2. The molecule has 1 N–H and O–H groups in total. The van der Waals surface area contributed by atoms with Gasteiger partial charge in [-0.2, -0.15) is 0 Å². The molecule has 1 aliphatic carbocycles. The lowest BCUT2D eigenvalue weighted by molar-refractivity contribution is -0.166. The summed E-state index contributed by atoms with van der Waals surface area (Å²) in [6.07, 6.45) is 2.03. The second-order valence-corrected chi connectivity index (χ2v) is 3.08. The van der Waals surface area contributed by atoms with Crippen molar-refractivity contribution in [3.05, 3.63) is 0 Å². The van der Waals surface area contributed by atoms with Crippen molar-refractivity contribution < 1.29 is 14.6 Å². The van der Waals surface area contributed by atoms with Crippen molar-refractivity contribution in [1.29, 1.82) is 0 Å². The minimum absolute atomic E-state index is 0.112. The molecule has 1 saturated carbocycles. The van der Waals surface area contributed by atoms with E-state index in [-0.39, 0.29) is 12.0 Å². The summed E-state index contributed by atoms with van der Waals surface area (Å²) in [4.78, 5) is 10.8. The summed E-state index contributed by atoms with van der Waals surface area (Å²) in [5.41, 5.74) is 0. The molecule has 3 heteroatoms. The van der Waals surface area contributed by atoms with Gasteiger partial charge < -0.3 is 9.84 Å². The van der Waals surface area contributed by atoms with E-state index < -0.39 is 12.1 Å². The van der Waals surface area contributed by atoms with Gasteiger partial charge >= 0.3 is 5.97 Å². The lowest BCUT2D eigenvalue weighted by Gasteiger charge is -2.23. The highest BCUT2D eigenvalue weighted by atomic mass is 16.6. The molecule has 0 aromatic rings. The van der Waals surface area contributed by atoms with Crippen molar-refractivity contribution in [3.8, 4) is 0 Å². The van der Waals surface area contributed by atoms with E-state index in [1.54, 1.807) is 0 Å². The number of hydrogen-bond donors (Lipinski definition) is 1. The zero-order chi connectivity index (χ0) is 7.14. The normalized spacial score (nSPS) is 45.3. The second kappa shape index (κ2) is 1.95. The Morgan fingerprint density at radius 1 is 1.50 bits per heavy atom. The first-order valence-corrected chi connectivity index (χ1v) is 3.66. The van der Waals surface area contributed by atoms with Crippen LogP contribution in [0.5, 0.6) is 0 Å². The summed E-state index contributed by atoms with van der Waals surface area (Å²) >= 11 is 0. The summed E-state index contributed by atoms with van der Waals surface area (Å²) < 4.78 is 4.90. The highest BCUT2D eigenvalue weighted by Crippen LogP contribution is 2.35. The predicted molar refractivity (Wildman–Crippen MR) is 33.2 cm³/mol. The number of aliphatic hydroxyl groups excluding tert-OH is 1. The quantitative estimate of drug-likeness (QED) is 0.487. The van der Waals surface area contributed by atoms with Crippen LogP contribution in [0.25, 0.3) is 0 Å². The smallest absolute Gasteiger partial charge is 0.335 e. The summed E-state index contributed by atoms with van der Waals surface area (Å²) in [6, 6.07) is 0. The molecule has 1 aliphatic heterocycles. The number of rotatable bonds is 0. The van der Waals surface area contributed by atoms with Crippen molar-refractivity contribution in [2.24, 2.45) is 5.92 Å². The molecule has 2 rings (SSSR count). The van der Waals surface area contributed by atoms with Gasteiger partial charge in [-0.25, -0.2) is 4.79 Å². The van der Waals surface area contributed by atoms with E-state index in [9.17, 15) is 9.90 Å². The molecule has 0 amide bonds. The summed E-state index contributed by atoms with van der Waals surface area (Å²) in [6.45, 7) is 0. The first-order chi connectivity index (χ1) is 4.77. The molecule has 2 bridgehead atoms. The Morgan fingerprint density at radius 2 is 2.30 bits per heavy atom. The van der Waals surface area contributed by atoms with Crippen LogP contribution in [0.3, 0.4) is 0 Å². The van der Waals surface area contributed by atoms with E-state index >= 15 is 0 Å². The highest BCUT2D eigenvalue weighted by Gasteiger charge is 2.41. The van der Waals surface area contributed by atoms with E-state index in [4.69, 9.17) is 4.74 Å². The first kappa shape index (κ1) is 6.16. The molecule has 56 valence electrons. The SMILES string of the molecule is O=C1OC2CCC(C2)C1O. The lowest BCUT2D eigenvalue weighted by Crippen LogP contribution is -2.36. The van der Waals surface area contributed by atoms with Gasteiger partial charge in [-0.05, 0) is 25.2 Å². The van der Waals surface area contributed by atoms with Crippen molar-refractivity contribution in [3.63, 3.8) is 0 Å². The van der Waals surface area contributed by atoms with Crippen LogP contribution in [0.2, 0.25) is 0 Å². The number of carbonyl (C=O) groups is 1. The Hall–Kier alpha value is -0.570. The van der Waals surface area contributed by atoms with Crippen molar-refractivity contribution in [2.75, 3.05) is 0 Å². The van der Waals surface area contributed by atoms with Gasteiger partial charge in [-0.3, -0.25) is 0 Å². The fraction of sp³-hybridized carbons (Fsp3) is 0.857. The first-order valence-electron chi connectivity index (χ1n) is 3.66. The largest absolute Gasteiger partial charge is 0.460 e. The Balaban J connectivity index is 2.17. The van der Waals surface area contributed by atoms with Crippen molar-refractivity contribution >= 4 is 5.97 Å². The zero-order valence-electron chi connectivity index (χ0n) is 5.62. The predicted octanol–water partition coefficient (Wildman–Crippen LogP) is 0.0728. The fourth-order valence-electron chi connectivity index (χ4n) is 1.79. The van der Waals surface area contributed by atoms with Crippen LogP contribution in [0, 0.1) is 5.92 Å². The van der Waals surface area contributed by atoms with Crippen LogP contribution in [0.1, 0.15) is 19.3 Å². The van der Waals surface area contributed by atoms with Gasteiger partial charge in [0.15, 0.2) is 6.10 Å². The van der Waals surface area contributed by atoms with Crippen LogP contribution in [0.4, 0.5) is 0 Å². The second-order valence-electron chi connectivity index (χ2n) is 3.08. The van der Waals surface area contributed by atoms with Gasteiger partial charge in [0.1, 0.15) is 6.10 Å². The molecule has 10 heavy (non-hydrogen) atoms. The molecule has 3 nitrogen and oxygen atoms in total. The van der Waals surface area contributed by atoms with E-state index in [0.29, 0.717) is 0 Å². The monoisotopic (exact) mass is 142 g/mol. The van der Waals surface area contributed by atoms with Crippen molar-refractivity contribution in [2.45, 2.75) is 31.5 Å². The molecule has 0 aromatic carbocycles. The van der Waals surface area contributed by atoms with Gasteiger partial charge in [-0.15, -0.1) is 0 Å². The van der Waals surface area contributed by atoms with E-state index in [2.05, 4.69) is 0 Å². The minimum Gasteiger partial charge on any atom is -0.460 e. The zero-order valence-corrected chi connectivity index (χ0v) is 5.62. The van der Waals surface area contributed by atoms with Crippen LogP contribution in [-0.2, 0) is 9.53 Å². The number of ether oxygens (including phenoxy) is 1. The van der Waals surface area contributed by atoms with Gasteiger partial charge in [0, 0.05) is 0 Å². The molecule has 2 aliphatic rings. The average molecular weight is 142 g/mol. The molecule has 0 spiro atoms. The Labute approximate surface area is 59.0 Å². The molecule has 2 fully saturated rings. The topological polar surface area (TPSA) is 46.5 Å². The van der Waals surface area contributed by atoms with Crippen LogP contribution in [-0.4, -0.2) is 23.3 Å². The molecule has 3 unspecified atom stereocenters. The van der Waals surface area contributed by atoms with E-state index in [0.717, 1.165) is 19.3 Å². The minimum atomic E-state index is -0.834. The van der Waals surface area contributed by atoms with E-state index in [1.807, 2.05) is 0 Å². The third kappa shape index (κ3) is 0.736. The Kier molecular flexibility index (Phi) is 1.20. The van der Waals surface area contributed by atoms with Gasteiger partial charge in [0.25, 0.3) is 0 Å². The third-order valence-electron chi connectivity index (χ3n) is 2.40. The number of carbonyl (C=O) groups excluding carboxylic acids is 1. The van der Waals surface area contributed by atoms with Crippen LogP contribution >= 0.6 is 0 Å². The molecular weight excluding hydrogens is 132 g/mol. The van der Waals surface area contributed by atoms with Gasteiger partial charge in [0.2, 0.25) is 0 Å². The summed E-state index contributed by atoms with van der Waals surface area (Å²) in [5, 5.41) is 9.19. The van der Waals surface area contributed by atoms with Gasteiger partial charge in [0.05, 0.1) is 0 Å². The fourth-order valence-corrected chi connectivity index (χ4v) is 1.79. The Morgan fingerprint density at radius 3 is 3.10 bits per heavy atom. The van der Waals surface area contributed by atoms with Crippen LogP contribution in [0.15, 0.2) is 0 Å². The standard InChI is InChI=1S/C7H10O3/c8-6-4-1-2-5(3-4)10-7(6)9/h4-6,8H,1-3H2. The Bertz CT molecular complexity index is 166. The number of esters is 1. The van der Waals surface area contributed by atoms with Gasteiger partial charge in [-0.1, -0.05) is 0 Å². The maximum Gasteiger partial charge on any atom is 0.335 e. The summed E-state index contributed by atoms with van der Waals surface area (Å²) in [7, 11) is 0. The molecule has 1 heterocycles. The van der Waals surface area contributed by atoms with Crippen LogP contribution < -0.4 is 0 Å². The molecule has 3 atom stereocenters. The van der Waals surface area contributed by atoms with E-state index in [1.165, 1.54) is 0 Å². The number of hydrogen-bond acceptors (Lipinski definition) is 3. The maximum atomic E-state index is 10.8. The molecular formula is C7H10O3. The highest BCUT2D eigenvalue weighted by molar-refractivity contribution is 5.76. The number of aliphatic hydroxyl groups is 1. The molecule has 1 saturated heterocycles. The third-order valence-corrected chi connectivity index (χ3v) is 2.40. The molecule has 0 radical (unpaired) electrons. The molecule has 0 aromatic heterocycles. The summed E-state index contributed by atoms with van der Waals surface area (Å²) in [5.74, 6) is -0.231. The maximum absolute atomic E-state index is 10.8. The average Bonchev–Trinajstić information content (AvgIpc) is 2.29. The lowest BCUT2D eigenvalue weighted by atomic mass is 9.99.